The van der Waals surface area contributed by atoms with Gasteiger partial charge in [-0.25, -0.2) is 4.98 Å². The van der Waals surface area contributed by atoms with Gasteiger partial charge in [-0.3, -0.25) is 24.2 Å². The molecular formula is C25H21N3O5S. The Morgan fingerprint density at radius 2 is 1.94 bits per heavy atom. The van der Waals surface area contributed by atoms with Gasteiger partial charge in [0.25, 0.3) is 5.91 Å². The fourth-order valence-corrected chi connectivity index (χ4v) is 5.01. The third-order valence-electron chi connectivity index (χ3n) is 5.68. The molecule has 2 aromatic carbocycles. The van der Waals surface area contributed by atoms with Gasteiger partial charge in [0.2, 0.25) is 11.8 Å². The Hall–Kier alpha value is -3.98. The maximum absolute atomic E-state index is 13.7. The molecular weight excluding hydrogens is 454 g/mol. The number of carbonyl (C=O) groups excluding carboxylic acids is 3. The molecule has 0 spiro atoms. The first-order valence-corrected chi connectivity index (χ1v) is 11.5. The van der Waals surface area contributed by atoms with Gasteiger partial charge >= 0.3 is 0 Å². The van der Waals surface area contributed by atoms with Crippen molar-refractivity contribution in [3.8, 4) is 5.75 Å². The standard InChI is InChI=1S/C25H21N3O5S/c1-15-8-9-19(32-2)22-23(15)34-25(26-22)27(14-18-7-4-12-33-18)24(31)16-5-3-6-17(13-16)28-20(29)10-11-21(28)30/h3-9,12-13H,10-11,14H2,1-2H3. The van der Waals surface area contributed by atoms with Crippen molar-refractivity contribution in [2.75, 3.05) is 16.9 Å². The average molecular weight is 476 g/mol. The van der Waals surface area contributed by atoms with Gasteiger partial charge < -0.3 is 9.15 Å². The Kier molecular flexibility index (Phi) is 5.62. The van der Waals surface area contributed by atoms with Crippen molar-refractivity contribution >= 4 is 50.1 Å². The van der Waals surface area contributed by atoms with Crippen LogP contribution in [0, 0.1) is 6.92 Å². The summed E-state index contributed by atoms with van der Waals surface area (Å²) in [5, 5.41) is 0.489. The maximum Gasteiger partial charge on any atom is 0.260 e. The zero-order chi connectivity index (χ0) is 23.8. The molecule has 34 heavy (non-hydrogen) atoms. The molecule has 0 N–H and O–H groups in total. The van der Waals surface area contributed by atoms with E-state index in [1.54, 1.807) is 49.8 Å². The van der Waals surface area contributed by atoms with E-state index in [1.165, 1.54) is 16.2 Å². The van der Waals surface area contributed by atoms with Crippen molar-refractivity contribution < 1.29 is 23.5 Å². The van der Waals surface area contributed by atoms with Gasteiger partial charge in [-0.2, -0.15) is 0 Å². The lowest BCUT2D eigenvalue weighted by molar-refractivity contribution is -0.121. The van der Waals surface area contributed by atoms with Crippen LogP contribution in [0.1, 0.15) is 34.5 Å². The number of aromatic nitrogens is 1. The second kappa shape index (κ2) is 8.75. The number of nitrogens with zero attached hydrogens (tertiary/aromatic N) is 3. The van der Waals surface area contributed by atoms with Crippen LogP contribution in [0.15, 0.2) is 59.2 Å². The lowest BCUT2D eigenvalue weighted by Gasteiger charge is -2.20. The van der Waals surface area contributed by atoms with Gasteiger partial charge in [-0.15, -0.1) is 0 Å². The average Bonchev–Trinajstić information content (AvgIpc) is 3.58. The summed E-state index contributed by atoms with van der Waals surface area (Å²) in [6, 6.07) is 13.9. The number of carbonyl (C=O) groups is 3. The Morgan fingerprint density at radius 1 is 1.15 bits per heavy atom. The molecule has 0 bridgehead atoms. The maximum atomic E-state index is 13.7. The lowest BCUT2D eigenvalue weighted by atomic mass is 10.1. The van der Waals surface area contributed by atoms with E-state index >= 15 is 0 Å². The highest BCUT2D eigenvalue weighted by Crippen LogP contribution is 2.37. The van der Waals surface area contributed by atoms with E-state index < -0.39 is 0 Å². The van der Waals surface area contributed by atoms with Gasteiger partial charge in [0.05, 0.1) is 30.3 Å². The number of hydrogen-bond acceptors (Lipinski definition) is 7. The molecule has 0 saturated carbocycles. The quantitative estimate of drug-likeness (QED) is 0.375. The largest absolute Gasteiger partial charge is 0.494 e. The van der Waals surface area contributed by atoms with Crippen LogP contribution < -0.4 is 14.5 Å². The number of amides is 3. The van der Waals surface area contributed by atoms with E-state index in [1.807, 2.05) is 19.1 Å². The van der Waals surface area contributed by atoms with Crippen LogP contribution in [0.5, 0.6) is 5.75 Å². The molecule has 9 heteroatoms. The molecule has 1 saturated heterocycles. The van der Waals surface area contributed by atoms with Crippen molar-refractivity contribution in [1.29, 1.82) is 0 Å². The van der Waals surface area contributed by atoms with E-state index in [2.05, 4.69) is 0 Å². The second-order valence-corrected chi connectivity index (χ2v) is 8.88. The summed E-state index contributed by atoms with van der Waals surface area (Å²) in [5.41, 5.74) is 2.43. The first-order valence-electron chi connectivity index (χ1n) is 10.7. The zero-order valence-electron chi connectivity index (χ0n) is 18.6. The molecule has 3 heterocycles. The summed E-state index contributed by atoms with van der Waals surface area (Å²) < 4.78 is 11.9. The number of aryl methyl sites for hydroxylation is 1. The molecule has 0 aliphatic carbocycles. The number of ether oxygens (including phenoxy) is 1. The molecule has 8 nitrogen and oxygen atoms in total. The van der Waals surface area contributed by atoms with Crippen molar-refractivity contribution in [3.05, 3.63) is 71.7 Å². The van der Waals surface area contributed by atoms with Gasteiger partial charge in [0.1, 0.15) is 17.0 Å². The minimum Gasteiger partial charge on any atom is -0.494 e. The van der Waals surface area contributed by atoms with Crippen molar-refractivity contribution in [2.24, 2.45) is 0 Å². The smallest absolute Gasteiger partial charge is 0.260 e. The van der Waals surface area contributed by atoms with E-state index in [-0.39, 0.29) is 37.1 Å². The minimum absolute atomic E-state index is 0.165. The molecule has 0 unspecified atom stereocenters. The number of imide groups is 1. The Labute approximate surface area is 199 Å². The summed E-state index contributed by atoms with van der Waals surface area (Å²) in [4.78, 5) is 45.6. The van der Waals surface area contributed by atoms with Crippen LogP contribution in [0.2, 0.25) is 0 Å². The number of methoxy groups -OCH3 is 1. The normalized spacial score (nSPS) is 13.6. The molecule has 1 aliphatic heterocycles. The molecule has 4 aromatic rings. The molecule has 172 valence electrons. The number of benzene rings is 2. The van der Waals surface area contributed by atoms with Crippen molar-refractivity contribution in [3.63, 3.8) is 0 Å². The summed E-state index contributed by atoms with van der Waals surface area (Å²) in [6.45, 7) is 2.15. The number of furan rings is 1. The lowest BCUT2D eigenvalue weighted by Crippen LogP contribution is -2.31. The molecule has 2 aromatic heterocycles. The van der Waals surface area contributed by atoms with Gasteiger partial charge in [0, 0.05) is 18.4 Å². The first kappa shape index (κ1) is 21.8. The fraction of sp³-hybridized carbons (Fsp3) is 0.200. The Bertz CT molecular complexity index is 1390. The number of anilines is 2. The minimum atomic E-state index is -0.326. The molecule has 1 aliphatic rings. The highest BCUT2D eigenvalue weighted by Gasteiger charge is 2.31. The summed E-state index contributed by atoms with van der Waals surface area (Å²) >= 11 is 1.39. The van der Waals surface area contributed by atoms with Crippen LogP contribution >= 0.6 is 11.3 Å². The Balaban J connectivity index is 1.57. The van der Waals surface area contributed by atoms with Gasteiger partial charge in [0.15, 0.2) is 5.13 Å². The molecule has 5 rings (SSSR count). The number of rotatable bonds is 6. The number of hydrogen-bond donors (Lipinski definition) is 0. The molecule has 3 amide bonds. The summed E-state index contributed by atoms with van der Waals surface area (Å²) in [7, 11) is 1.58. The predicted octanol–water partition coefficient (Wildman–Crippen LogP) is 4.71. The van der Waals surface area contributed by atoms with Crippen LogP contribution in [-0.4, -0.2) is 29.8 Å². The summed E-state index contributed by atoms with van der Waals surface area (Å²) in [5.74, 6) is 0.360. The van der Waals surface area contributed by atoms with Crippen LogP contribution in [-0.2, 0) is 16.1 Å². The van der Waals surface area contributed by atoms with Crippen LogP contribution in [0.3, 0.4) is 0 Å². The highest BCUT2D eigenvalue weighted by atomic mass is 32.1. The van der Waals surface area contributed by atoms with Crippen molar-refractivity contribution in [1.82, 2.24) is 4.98 Å². The third-order valence-corrected chi connectivity index (χ3v) is 6.90. The van der Waals surface area contributed by atoms with Crippen LogP contribution in [0.4, 0.5) is 10.8 Å². The van der Waals surface area contributed by atoms with Crippen molar-refractivity contribution in [2.45, 2.75) is 26.3 Å². The van der Waals surface area contributed by atoms with E-state index in [0.717, 1.165) is 15.2 Å². The number of thiazole rings is 1. The van der Waals surface area contributed by atoms with E-state index in [0.29, 0.717) is 33.4 Å². The first-order chi connectivity index (χ1) is 16.5. The monoisotopic (exact) mass is 475 g/mol. The van der Waals surface area contributed by atoms with E-state index in [9.17, 15) is 14.4 Å². The fourth-order valence-electron chi connectivity index (χ4n) is 3.96. The van der Waals surface area contributed by atoms with Gasteiger partial charge in [-0.05, 0) is 48.9 Å². The predicted molar refractivity (Wildman–Crippen MR) is 128 cm³/mol. The van der Waals surface area contributed by atoms with E-state index in [4.69, 9.17) is 14.1 Å². The SMILES string of the molecule is COc1ccc(C)c2sc(N(Cc3ccco3)C(=O)c3cccc(N4C(=O)CCC4=O)c3)nc12. The highest BCUT2D eigenvalue weighted by molar-refractivity contribution is 7.22. The molecule has 1 fully saturated rings. The third kappa shape index (κ3) is 3.84. The second-order valence-electron chi connectivity index (χ2n) is 7.90. The zero-order valence-corrected chi connectivity index (χ0v) is 19.4. The number of fused-ring (bicyclic) bond motifs is 1. The molecule has 0 radical (unpaired) electrons. The molecule has 0 atom stereocenters. The van der Waals surface area contributed by atoms with Gasteiger partial charge in [-0.1, -0.05) is 23.5 Å². The Morgan fingerprint density at radius 3 is 2.65 bits per heavy atom. The van der Waals surface area contributed by atoms with Crippen LogP contribution in [0.25, 0.3) is 10.2 Å². The topological polar surface area (TPSA) is 93.0 Å². The summed E-state index contributed by atoms with van der Waals surface area (Å²) in [6.07, 6.45) is 1.90.